The zero-order chi connectivity index (χ0) is 20.8. The molecule has 2 aromatic rings. The van der Waals surface area contributed by atoms with Crippen molar-refractivity contribution in [1.29, 1.82) is 0 Å². The molecule has 0 bridgehead atoms. The highest BCUT2D eigenvalue weighted by molar-refractivity contribution is 5.94. The molecule has 1 fully saturated rings. The third-order valence-electron chi connectivity index (χ3n) is 5.45. The van der Waals surface area contributed by atoms with Gasteiger partial charge in [-0.2, -0.15) is 0 Å². The maximum Gasteiger partial charge on any atom is 0.254 e. The number of methoxy groups -OCH3 is 2. The number of carbonyl (C=O) groups excluding carboxylic acids is 1. The lowest BCUT2D eigenvalue weighted by molar-refractivity contribution is 0.0555. The Morgan fingerprint density at radius 2 is 1.52 bits per heavy atom. The van der Waals surface area contributed by atoms with E-state index in [0.29, 0.717) is 34.6 Å². The van der Waals surface area contributed by atoms with Gasteiger partial charge in [-0.1, -0.05) is 19.3 Å². The molecule has 0 spiro atoms. The SMILES string of the molecule is COc1ccc(Oc2ccc(C(=O)N(C(C)C)C3CCCCC3)cc2)cc1OC. The molecule has 5 heteroatoms. The Labute approximate surface area is 173 Å². The van der Waals surface area contributed by atoms with Crippen LogP contribution in [0.15, 0.2) is 42.5 Å². The lowest BCUT2D eigenvalue weighted by atomic mass is 9.93. The van der Waals surface area contributed by atoms with E-state index in [2.05, 4.69) is 18.7 Å². The van der Waals surface area contributed by atoms with Crippen LogP contribution in [0.2, 0.25) is 0 Å². The van der Waals surface area contributed by atoms with Gasteiger partial charge in [0.1, 0.15) is 11.5 Å². The van der Waals surface area contributed by atoms with Gasteiger partial charge in [0.05, 0.1) is 14.2 Å². The van der Waals surface area contributed by atoms with Crippen LogP contribution in [-0.2, 0) is 0 Å². The molecule has 0 saturated heterocycles. The summed E-state index contributed by atoms with van der Waals surface area (Å²) in [5.74, 6) is 2.67. The van der Waals surface area contributed by atoms with E-state index >= 15 is 0 Å². The zero-order valence-corrected chi connectivity index (χ0v) is 17.8. The largest absolute Gasteiger partial charge is 0.493 e. The molecule has 1 aliphatic carbocycles. The topological polar surface area (TPSA) is 48.0 Å². The number of hydrogen-bond donors (Lipinski definition) is 0. The van der Waals surface area contributed by atoms with E-state index in [1.807, 2.05) is 30.3 Å². The Bertz CT molecular complexity index is 810. The minimum atomic E-state index is 0.101. The fourth-order valence-corrected chi connectivity index (χ4v) is 4.01. The van der Waals surface area contributed by atoms with Gasteiger partial charge >= 0.3 is 0 Å². The van der Waals surface area contributed by atoms with Crippen molar-refractivity contribution in [2.75, 3.05) is 14.2 Å². The highest BCUT2D eigenvalue weighted by Gasteiger charge is 2.28. The van der Waals surface area contributed by atoms with Crippen molar-refractivity contribution in [3.05, 3.63) is 48.0 Å². The first-order valence-corrected chi connectivity index (χ1v) is 10.4. The molecule has 156 valence electrons. The molecule has 0 heterocycles. The minimum Gasteiger partial charge on any atom is -0.493 e. The maximum absolute atomic E-state index is 13.2. The lowest BCUT2D eigenvalue weighted by Gasteiger charge is -2.37. The average molecular weight is 398 g/mol. The summed E-state index contributed by atoms with van der Waals surface area (Å²) in [5.41, 5.74) is 0.698. The highest BCUT2D eigenvalue weighted by Crippen LogP contribution is 2.33. The van der Waals surface area contributed by atoms with Crippen LogP contribution in [0.5, 0.6) is 23.0 Å². The van der Waals surface area contributed by atoms with Crippen molar-refractivity contribution >= 4 is 5.91 Å². The van der Waals surface area contributed by atoms with E-state index in [1.54, 1.807) is 26.4 Å². The molecule has 0 N–H and O–H groups in total. The molecular formula is C24H31NO4. The van der Waals surface area contributed by atoms with Gasteiger partial charge in [-0.3, -0.25) is 4.79 Å². The van der Waals surface area contributed by atoms with Crippen molar-refractivity contribution in [2.24, 2.45) is 0 Å². The first-order chi connectivity index (χ1) is 14.0. The van der Waals surface area contributed by atoms with Crippen LogP contribution in [0.1, 0.15) is 56.3 Å². The molecule has 3 rings (SSSR count). The number of hydrogen-bond acceptors (Lipinski definition) is 4. The predicted octanol–water partition coefficient (Wildman–Crippen LogP) is 5.68. The Morgan fingerprint density at radius 1 is 0.897 bits per heavy atom. The van der Waals surface area contributed by atoms with Crippen molar-refractivity contribution in [3.63, 3.8) is 0 Å². The first kappa shape index (κ1) is 21.0. The molecule has 0 unspecified atom stereocenters. The second-order valence-electron chi connectivity index (χ2n) is 7.74. The number of nitrogens with zero attached hydrogens (tertiary/aromatic N) is 1. The number of amides is 1. The average Bonchev–Trinajstić information content (AvgIpc) is 2.74. The Hall–Kier alpha value is -2.69. The molecule has 5 nitrogen and oxygen atoms in total. The molecule has 1 aliphatic rings. The summed E-state index contributed by atoms with van der Waals surface area (Å²) in [6, 6.07) is 13.3. The molecule has 0 aliphatic heterocycles. The van der Waals surface area contributed by atoms with Gasteiger partial charge in [0, 0.05) is 23.7 Å². The number of ether oxygens (including phenoxy) is 3. The zero-order valence-electron chi connectivity index (χ0n) is 17.8. The maximum atomic E-state index is 13.2. The van der Waals surface area contributed by atoms with Gasteiger partial charge < -0.3 is 19.1 Å². The fourth-order valence-electron chi connectivity index (χ4n) is 4.01. The minimum absolute atomic E-state index is 0.101. The Kier molecular flexibility index (Phi) is 7.02. The van der Waals surface area contributed by atoms with Gasteiger partial charge in [0.15, 0.2) is 11.5 Å². The standard InChI is InChI=1S/C24H31NO4/c1-17(2)25(19-8-6-5-7-9-19)24(26)18-10-12-20(13-11-18)29-21-14-15-22(27-3)23(16-21)28-4/h10-17,19H,5-9H2,1-4H3. The van der Waals surface area contributed by atoms with Gasteiger partial charge in [-0.15, -0.1) is 0 Å². The molecule has 29 heavy (non-hydrogen) atoms. The molecule has 0 atom stereocenters. The smallest absolute Gasteiger partial charge is 0.254 e. The van der Waals surface area contributed by atoms with Gasteiger partial charge in [0.2, 0.25) is 0 Å². The number of rotatable bonds is 7. The molecule has 1 saturated carbocycles. The summed E-state index contributed by atoms with van der Waals surface area (Å²) in [6.07, 6.45) is 5.90. The number of carbonyl (C=O) groups is 1. The van der Waals surface area contributed by atoms with Crippen molar-refractivity contribution in [3.8, 4) is 23.0 Å². The van der Waals surface area contributed by atoms with Crippen LogP contribution in [0.3, 0.4) is 0 Å². The quantitative estimate of drug-likeness (QED) is 0.603. The summed E-state index contributed by atoms with van der Waals surface area (Å²) in [7, 11) is 3.19. The summed E-state index contributed by atoms with van der Waals surface area (Å²) < 4.78 is 16.5. The Balaban J connectivity index is 1.72. The second-order valence-corrected chi connectivity index (χ2v) is 7.74. The van der Waals surface area contributed by atoms with Crippen LogP contribution >= 0.6 is 0 Å². The molecule has 1 amide bonds. The third kappa shape index (κ3) is 5.03. The van der Waals surface area contributed by atoms with Crippen LogP contribution < -0.4 is 14.2 Å². The lowest BCUT2D eigenvalue weighted by Crippen LogP contribution is -2.45. The molecule has 0 radical (unpaired) electrons. The molecule has 2 aromatic carbocycles. The summed E-state index contributed by atoms with van der Waals surface area (Å²) >= 11 is 0. The van der Waals surface area contributed by atoms with Crippen LogP contribution in [-0.4, -0.2) is 37.1 Å². The first-order valence-electron chi connectivity index (χ1n) is 10.4. The van der Waals surface area contributed by atoms with E-state index in [4.69, 9.17) is 14.2 Å². The van der Waals surface area contributed by atoms with E-state index in [-0.39, 0.29) is 11.9 Å². The third-order valence-corrected chi connectivity index (χ3v) is 5.45. The Morgan fingerprint density at radius 3 is 2.10 bits per heavy atom. The molecule has 0 aromatic heterocycles. The molecular weight excluding hydrogens is 366 g/mol. The summed E-state index contributed by atoms with van der Waals surface area (Å²) in [6.45, 7) is 4.20. The van der Waals surface area contributed by atoms with E-state index in [1.165, 1.54) is 19.3 Å². The number of benzene rings is 2. The van der Waals surface area contributed by atoms with E-state index in [0.717, 1.165) is 12.8 Å². The predicted molar refractivity (Wildman–Crippen MR) is 114 cm³/mol. The van der Waals surface area contributed by atoms with Crippen LogP contribution in [0.4, 0.5) is 0 Å². The van der Waals surface area contributed by atoms with Crippen LogP contribution in [0, 0.1) is 0 Å². The normalized spacial score (nSPS) is 14.5. The van der Waals surface area contributed by atoms with Gasteiger partial charge in [-0.05, 0) is 63.1 Å². The fraction of sp³-hybridized carbons (Fsp3) is 0.458. The van der Waals surface area contributed by atoms with Crippen molar-refractivity contribution in [2.45, 2.75) is 58.0 Å². The van der Waals surface area contributed by atoms with Gasteiger partial charge in [0.25, 0.3) is 5.91 Å². The summed E-state index contributed by atoms with van der Waals surface area (Å²) in [4.78, 5) is 15.2. The van der Waals surface area contributed by atoms with Gasteiger partial charge in [-0.25, -0.2) is 0 Å². The van der Waals surface area contributed by atoms with E-state index in [9.17, 15) is 4.79 Å². The van der Waals surface area contributed by atoms with Crippen molar-refractivity contribution in [1.82, 2.24) is 4.90 Å². The van der Waals surface area contributed by atoms with E-state index < -0.39 is 0 Å². The highest BCUT2D eigenvalue weighted by atomic mass is 16.5. The van der Waals surface area contributed by atoms with Crippen LogP contribution in [0.25, 0.3) is 0 Å². The summed E-state index contributed by atoms with van der Waals surface area (Å²) in [5, 5.41) is 0. The van der Waals surface area contributed by atoms with Crippen molar-refractivity contribution < 1.29 is 19.0 Å². The second kappa shape index (κ2) is 9.68. The monoisotopic (exact) mass is 397 g/mol.